The van der Waals surface area contributed by atoms with Gasteiger partial charge in [0.05, 0.1) is 12.7 Å². The quantitative estimate of drug-likeness (QED) is 0.428. The highest BCUT2D eigenvalue weighted by Crippen LogP contribution is 2.16. The first kappa shape index (κ1) is 15.8. The number of nitrogens with zero attached hydrogens (tertiary/aromatic N) is 1. The fraction of sp³-hybridized carbons (Fsp3) is 0.500. The van der Waals surface area contributed by atoms with Gasteiger partial charge in [0.2, 0.25) is 10.0 Å². The maximum atomic E-state index is 12.1. The van der Waals surface area contributed by atoms with Crippen molar-refractivity contribution in [2.45, 2.75) is 11.0 Å². The number of pyridine rings is 1. The van der Waals surface area contributed by atoms with Crippen LogP contribution in [0.5, 0.6) is 0 Å². The van der Waals surface area contributed by atoms with E-state index in [9.17, 15) is 8.42 Å². The number of hydrogen-bond donors (Lipinski definition) is 3. The molecule has 1 aromatic rings. The van der Waals surface area contributed by atoms with E-state index in [1.165, 1.54) is 32.5 Å². The van der Waals surface area contributed by atoms with E-state index in [1.807, 2.05) is 0 Å². The van der Waals surface area contributed by atoms with Crippen molar-refractivity contribution in [2.24, 2.45) is 5.84 Å². The fourth-order valence-electron chi connectivity index (χ4n) is 1.39. The maximum absolute atomic E-state index is 12.1. The third-order valence-electron chi connectivity index (χ3n) is 2.38. The van der Waals surface area contributed by atoms with Crippen molar-refractivity contribution in [3.63, 3.8) is 0 Å². The number of hydrazine groups is 1. The number of hydrogen-bond acceptors (Lipinski definition) is 7. The Morgan fingerprint density at radius 1 is 1.47 bits per heavy atom. The van der Waals surface area contributed by atoms with Crippen LogP contribution < -0.4 is 16.0 Å². The summed E-state index contributed by atoms with van der Waals surface area (Å²) < 4.78 is 36.6. The van der Waals surface area contributed by atoms with Crippen LogP contribution in [0.1, 0.15) is 0 Å². The first-order valence-electron chi connectivity index (χ1n) is 5.48. The van der Waals surface area contributed by atoms with Gasteiger partial charge in [-0.1, -0.05) is 0 Å². The summed E-state index contributed by atoms with van der Waals surface area (Å²) >= 11 is 0. The third kappa shape index (κ3) is 4.40. The van der Waals surface area contributed by atoms with Crippen molar-refractivity contribution in [2.75, 3.05) is 32.8 Å². The zero-order valence-electron chi connectivity index (χ0n) is 10.8. The van der Waals surface area contributed by atoms with Crippen LogP contribution in [0.4, 0.5) is 5.82 Å². The smallest absolute Gasteiger partial charge is 0.244 e. The van der Waals surface area contributed by atoms with Crippen molar-refractivity contribution in [3.05, 3.63) is 18.3 Å². The summed E-state index contributed by atoms with van der Waals surface area (Å²) in [6.07, 6.45) is 1.07. The van der Waals surface area contributed by atoms with Crippen LogP contribution in [0.3, 0.4) is 0 Å². The largest absolute Gasteiger partial charge is 0.382 e. The van der Waals surface area contributed by atoms with Gasteiger partial charge in [0.25, 0.3) is 0 Å². The van der Waals surface area contributed by atoms with Crippen molar-refractivity contribution >= 4 is 15.8 Å². The third-order valence-corrected chi connectivity index (χ3v) is 3.84. The van der Waals surface area contributed by atoms with Gasteiger partial charge in [-0.15, -0.1) is 0 Å². The first-order chi connectivity index (χ1) is 9.05. The molecule has 0 spiro atoms. The molecule has 1 unspecified atom stereocenters. The molecule has 0 aliphatic carbocycles. The van der Waals surface area contributed by atoms with Crippen LogP contribution in [0.25, 0.3) is 0 Å². The Morgan fingerprint density at radius 3 is 2.79 bits per heavy atom. The number of anilines is 1. The van der Waals surface area contributed by atoms with E-state index in [-0.39, 0.29) is 30.0 Å². The average Bonchev–Trinajstić information content (AvgIpc) is 2.43. The van der Waals surface area contributed by atoms with Crippen molar-refractivity contribution in [3.8, 4) is 0 Å². The van der Waals surface area contributed by atoms with Crippen LogP contribution in [0.15, 0.2) is 23.2 Å². The molecule has 0 aliphatic rings. The molecule has 0 saturated carbocycles. The molecule has 1 aromatic heterocycles. The highest BCUT2D eigenvalue weighted by molar-refractivity contribution is 7.89. The lowest BCUT2D eigenvalue weighted by molar-refractivity contribution is 0.0320. The van der Waals surface area contributed by atoms with Gasteiger partial charge in [0.1, 0.15) is 4.90 Å². The Hall–Kier alpha value is -1.26. The average molecular weight is 290 g/mol. The summed E-state index contributed by atoms with van der Waals surface area (Å²) in [6.45, 7) is 0.375. The molecule has 0 radical (unpaired) electrons. The molecule has 9 heteroatoms. The zero-order chi connectivity index (χ0) is 14.3. The molecule has 108 valence electrons. The lowest BCUT2D eigenvalue weighted by Crippen LogP contribution is -2.36. The van der Waals surface area contributed by atoms with E-state index in [1.54, 1.807) is 0 Å². The van der Waals surface area contributed by atoms with E-state index in [2.05, 4.69) is 15.1 Å². The highest BCUT2D eigenvalue weighted by atomic mass is 32.2. The van der Waals surface area contributed by atoms with Crippen LogP contribution in [-0.2, 0) is 19.5 Å². The fourth-order valence-corrected chi connectivity index (χ4v) is 2.58. The SMILES string of the molecule is COCC(CNS(=O)(=O)c1cccnc1NN)OC. The van der Waals surface area contributed by atoms with Crippen LogP contribution in [0, 0.1) is 0 Å². The second-order valence-electron chi connectivity index (χ2n) is 3.66. The predicted octanol–water partition coefficient (Wildman–Crippen LogP) is -0.693. The van der Waals surface area contributed by atoms with Crippen LogP contribution >= 0.6 is 0 Å². The second kappa shape index (κ2) is 7.36. The molecule has 0 bridgehead atoms. The minimum absolute atomic E-state index is 0.0234. The molecule has 1 atom stereocenters. The Morgan fingerprint density at radius 2 is 2.21 bits per heavy atom. The van der Waals surface area contributed by atoms with Gasteiger partial charge in [-0.2, -0.15) is 0 Å². The molecule has 0 amide bonds. The number of sulfonamides is 1. The minimum atomic E-state index is -3.72. The van der Waals surface area contributed by atoms with E-state index in [0.717, 1.165) is 0 Å². The Bertz CT molecular complexity index is 494. The van der Waals surface area contributed by atoms with Gasteiger partial charge in [-0.05, 0) is 12.1 Å². The molecule has 1 heterocycles. The predicted molar refractivity (Wildman–Crippen MR) is 69.9 cm³/mol. The topological polar surface area (TPSA) is 116 Å². The second-order valence-corrected chi connectivity index (χ2v) is 5.39. The molecule has 0 saturated heterocycles. The van der Waals surface area contributed by atoms with Crippen molar-refractivity contribution in [1.29, 1.82) is 0 Å². The summed E-state index contributed by atoms with van der Waals surface area (Å²) in [6, 6.07) is 2.92. The molecule has 8 nitrogen and oxygen atoms in total. The number of nitrogens with two attached hydrogens (primary N) is 1. The van der Waals surface area contributed by atoms with E-state index in [0.29, 0.717) is 0 Å². The number of methoxy groups -OCH3 is 2. The zero-order valence-corrected chi connectivity index (χ0v) is 11.6. The number of nitrogens with one attached hydrogen (secondary N) is 2. The lowest BCUT2D eigenvalue weighted by Gasteiger charge is -2.16. The summed E-state index contributed by atoms with van der Waals surface area (Å²) in [4.78, 5) is 3.81. The normalized spacial score (nSPS) is 13.2. The van der Waals surface area contributed by atoms with Gasteiger partial charge in [-0.3, -0.25) is 0 Å². The molecule has 1 rings (SSSR count). The summed E-state index contributed by atoms with van der Waals surface area (Å²) in [5.74, 6) is 5.31. The molecule has 4 N–H and O–H groups in total. The van der Waals surface area contributed by atoms with E-state index in [4.69, 9.17) is 15.3 Å². The van der Waals surface area contributed by atoms with Crippen LogP contribution in [0.2, 0.25) is 0 Å². The number of aromatic nitrogens is 1. The van der Waals surface area contributed by atoms with E-state index >= 15 is 0 Å². The Kier molecular flexibility index (Phi) is 6.12. The van der Waals surface area contributed by atoms with Gasteiger partial charge < -0.3 is 14.9 Å². The summed E-state index contributed by atoms with van der Waals surface area (Å²) in [7, 11) is -0.724. The minimum Gasteiger partial charge on any atom is -0.382 e. The van der Waals surface area contributed by atoms with E-state index < -0.39 is 10.0 Å². The van der Waals surface area contributed by atoms with Gasteiger partial charge in [0.15, 0.2) is 5.82 Å². The molecule has 19 heavy (non-hydrogen) atoms. The standard InChI is InChI=1S/C10H18N4O4S/c1-17-7-8(18-2)6-13-19(15,16)9-4-3-5-12-10(9)14-11/h3-5,8,13H,6-7,11H2,1-2H3,(H,12,14). The number of ether oxygens (including phenoxy) is 2. The monoisotopic (exact) mass is 290 g/mol. The maximum Gasteiger partial charge on any atom is 0.244 e. The van der Waals surface area contributed by atoms with Crippen molar-refractivity contribution in [1.82, 2.24) is 9.71 Å². The van der Waals surface area contributed by atoms with Crippen LogP contribution in [-0.4, -0.2) is 46.9 Å². The highest BCUT2D eigenvalue weighted by Gasteiger charge is 2.20. The van der Waals surface area contributed by atoms with Gasteiger partial charge in [-0.25, -0.2) is 24.0 Å². The Labute approximate surface area is 112 Å². The molecular weight excluding hydrogens is 272 g/mol. The first-order valence-corrected chi connectivity index (χ1v) is 6.96. The summed E-state index contributed by atoms with van der Waals surface area (Å²) in [5.41, 5.74) is 2.24. The van der Waals surface area contributed by atoms with Gasteiger partial charge >= 0.3 is 0 Å². The van der Waals surface area contributed by atoms with Gasteiger partial charge in [0, 0.05) is 27.0 Å². The molecular formula is C10H18N4O4S. The molecule has 0 aromatic carbocycles. The number of nitrogen functional groups attached to an aromatic ring is 1. The van der Waals surface area contributed by atoms with Crippen molar-refractivity contribution < 1.29 is 17.9 Å². The molecule has 0 fully saturated rings. The summed E-state index contributed by atoms with van der Waals surface area (Å²) in [5, 5.41) is 0. The molecule has 0 aliphatic heterocycles. The Balaban J connectivity index is 2.81. The number of rotatable bonds is 8. The lowest BCUT2D eigenvalue weighted by atomic mass is 10.4.